The summed E-state index contributed by atoms with van der Waals surface area (Å²) in [6.07, 6.45) is -0.0667. The number of hydrogen-bond acceptors (Lipinski definition) is 4. The van der Waals surface area contributed by atoms with Crippen molar-refractivity contribution < 1.29 is 19.8 Å². The van der Waals surface area contributed by atoms with Crippen molar-refractivity contribution in [3.8, 4) is 0 Å². The molecule has 0 aliphatic rings. The predicted molar refractivity (Wildman–Crippen MR) is 88.8 cm³/mol. The predicted octanol–water partition coefficient (Wildman–Crippen LogP) is 2.86. The molecule has 6 heteroatoms. The molecule has 0 saturated carbocycles. The van der Waals surface area contributed by atoms with Crippen LogP contribution in [0.4, 0.5) is 0 Å². The van der Waals surface area contributed by atoms with Crippen molar-refractivity contribution in [3.05, 3.63) is 57.8 Å². The molecule has 1 heterocycles. The summed E-state index contributed by atoms with van der Waals surface area (Å²) in [6.45, 7) is 2.43. The Balaban J connectivity index is 2.20. The molecule has 1 aromatic carbocycles. The van der Waals surface area contributed by atoms with Gasteiger partial charge in [0.15, 0.2) is 0 Å². The van der Waals surface area contributed by atoms with Crippen molar-refractivity contribution in [1.82, 2.24) is 4.90 Å². The lowest BCUT2D eigenvalue weighted by Crippen LogP contribution is -2.36. The third kappa shape index (κ3) is 4.64. The molecular formula is C17H19NO4S. The van der Waals surface area contributed by atoms with Crippen molar-refractivity contribution in [2.24, 2.45) is 0 Å². The Morgan fingerprint density at radius 2 is 1.96 bits per heavy atom. The van der Waals surface area contributed by atoms with Crippen molar-refractivity contribution in [1.29, 1.82) is 0 Å². The number of aliphatic hydroxyl groups excluding tert-OH is 1. The number of carbonyl (C=O) groups excluding carboxylic acids is 1. The standard InChI is InChI=1S/C17H19NO4S/c1-2-14(19)10-18(9-12-6-4-3-5-7-12)16(20)13-8-15(17(21)22)23-11-13/h3-8,11,14,19H,2,9-10H2,1H3,(H,21,22). The Labute approximate surface area is 138 Å². The van der Waals surface area contributed by atoms with Crippen LogP contribution in [-0.4, -0.2) is 39.6 Å². The van der Waals surface area contributed by atoms with Crippen LogP contribution in [0.2, 0.25) is 0 Å². The number of carbonyl (C=O) groups is 2. The highest BCUT2D eigenvalue weighted by atomic mass is 32.1. The number of carboxylic acid groups (broad SMARTS) is 1. The van der Waals surface area contributed by atoms with Crippen molar-refractivity contribution in [3.63, 3.8) is 0 Å². The maximum absolute atomic E-state index is 12.7. The van der Waals surface area contributed by atoms with Crippen molar-refractivity contribution in [2.45, 2.75) is 26.0 Å². The van der Waals surface area contributed by atoms with Crippen LogP contribution < -0.4 is 0 Å². The SMILES string of the molecule is CCC(O)CN(Cc1ccccc1)C(=O)c1csc(C(=O)O)c1. The van der Waals surface area contributed by atoms with Crippen LogP contribution in [0.5, 0.6) is 0 Å². The molecule has 0 radical (unpaired) electrons. The van der Waals surface area contributed by atoms with Crippen LogP contribution in [0, 0.1) is 0 Å². The first kappa shape index (κ1) is 17.2. The molecule has 23 heavy (non-hydrogen) atoms. The average molecular weight is 333 g/mol. The number of hydrogen-bond donors (Lipinski definition) is 2. The van der Waals surface area contributed by atoms with Gasteiger partial charge in [-0.2, -0.15) is 0 Å². The molecule has 1 unspecified atom stereocenters. The first-order chi connectivity index (χ1) is 11.0. The van der Waals surface area contributed by atoms with Gasteiger partial charge in [-0.05, 0) is 18.1 Å². The summed E-state index contributed by atoms with van der Waals surface area (Å²) >= 11 is 1.02. The lowest BCUT2D eigenvalue weighted by molar-refractivity contribution is 0.0599. The Hall–Kier alpha value is -2.18. The van der Waals surface area contributed by atoms with E-state index >= 15 is 0 Å². The van der Waals surface area contributed by atoms with Gasteiger partial charge in [0.25, 0.3) is 5.91 Å². The van der Waals surface area contributed by atoms with Gasteiger partial charge in [-0.25, -0.2) is 4.79 Å². The Morgan fingerprint density at radius 1 is 1.26 bits per heavy atom. The fourth-order valence-electron chi connectivity index (χ4n) is 2.15. The van der Waals surface area contributed by atoms with E-state index in [0.29, 0.717) is 18.5 Å². The third-order valence-electron chi connectivity index (χ3n) is 3.46. The highest BCUT2D eigenvalue weighted by Crippen LogP contribution is 2.18. The Bertz CT molecular complexity index is 668. The second kappa shape index (κ2) is 7.89. The van der Waals surface area contributed by atoms with E-state index < -0.39 is 12.1 Å². The van der Waals surface area contributed by atoms with E-state index in [0.717, 1.165) is 16.9 Å². The van der Waals surface area contributed by atoms with E-state index in [-0.39, 0.29) is 17.3 Å². The van der Waals surface area contributed by atoms with Crippen LogP contribution >= 0.6 is 11.3 Å². The molecular weight excluding hydrogens is 314 g/mol. The molecule has 1 aromatic heterocycles. The fourth-order valence-corrected chi connectivity index (χ4v) is 2.87. The van der Waals surface area contributed by atoms with Crippen LogP contribution in [0.15, 0.2) is 41.8 Å². The third-order valence-corrected chi connectivity index (χ3v) is 4.38. The van der Waals surface area contributed by atoms with E-state index in [9.17, 15) is 14.7 Å². The highest BCUT2D eigenvalue weighted by molar-refractivity contribution is 7.12. The van der Waals surface area contributed by atoms with Gasteiger partial charge in [-0.15, -0.1) is 11.3 Å². The molecule has 0 aliphatic heterocycles. The number of amides is 1. The van der Waals surface area contributed by atoms with Gasteiger partial charge < -0.3 is 15.1 Å². The van der Waals surface area contributed by atoms with Gasteiger partial charge in [0, 0.05) is 18.5 Å². The second-order valence-corrected chi connectivity index (χ2v) is 6.15. The van der Waals surface area contributed by atoms with Crippen molar-refractivity contribution in [2.75, 3.05) is 6.54 Å². The summed E-state index contributed by atoms with van der Waals surface area (Å²) in [5.74, 6) is -1.32. The number of aromatic carboxylic acids is 1. The molecule has 0 fully saturated rings. The molecule has 5 nitrogen and oxygen atoms in total. The summed E-state index contributed by atoms with van der Waals surface area (Å²) in [4.78, 5) is 25.3. The normalized spacial score (nSPS) is 11.9. The van der Waals surface area contributed by atoms with Gasteiger partial charge in [0.1, 0.15) is 4.88 Å². The zero-order valence-corrected chi connectivity index (χ0v) is 13.6. The van der Waals surface area contributed by atoms with E-state index in [1.54, 1.807) is 10.3 Å². The number of benzene rings is 1. The topological polar surface area (TPSA) is 77.8 Å². The zero-order valence-electron chi connectivity index (χ0n) is 12.8. The van der Waals surface area contributed by atoms with Gasteiger partial charge in [-0.3, -0.25) is 4.79 Å². The molecule has 1 atom stereocenters. The number of rotatable bonds is 7. The van der Waals surface area contributed by atoms with Gasteiger partial charge >= 0.3 is 5.97 Å². The van der Waals surface area contributed by atoms with E-state index in [1.165, 1.54) is 6.07 Å². The Kier molecular flexibility index (Phi) is 5.90. The molecule has 0 aliphatic carbocycles. The van der Waals surface area contributed by atoms with Gasteiger partial charge in [0.05, 0.1) is 11.7 Å². The summed E-state index contributed by atoms with van der Waals surface area (Å²) in [5.41, 5.74) is 1.30. The maximum atomic E-state index is 12.7. The molecule has 0 saturated heterocycles. The second-order valence-electron chi connectivity index (χ2n) is 5.24. The number of carboxylic acids is 1. The minimum atomic E-state index is -1.04. The molecule has 1 amide bonds. The quantitative estimate of drug-likeness (QED) is 0.817. The highest BCUT2D eigenvalue weighted by Gasteiger charge is 2.21. The van der Waals surface area contributed by atoms with E-state index in [1.807, 2.05) is 37.3 Å². The van der Waals surface area contributed by atoms with Crippen molar-refractivity contribution >= 4 is 23.2 Å². The first-order valence-electron chi connectivity index (χ1n) is 7.34. The first-order valence-corrected chi connectivity index (χ1v) is 8.22. The molecule has 0 spiro atoms. The van der Waals surface area contributed by atoms with Crippen LogP contribution in [0.1, 0.15) is 38.9 Å². The lowest BCUT2D eigenvalue weighted by Gasteiger charge is -2.25. The van der Waals surface area contributed by atoms with Crippen LogP contribution in [0.3, 0.4) is 0 Å². The molecule has 122 valence electrons. The summed E-state index contributed by atoms with van der Waals surface area (Å²) in [5, 5.41) is 20.4. The maximum Gasteiger partial charge on any atom is 0.345 e. The monoisotopic (exact) mass is 333 g/mol. The molecule has 2 N–H and O–H groups in total. The van der Waals surface area contributed by atoms with Crippen LogP contribution in [0.25, 0.3) is 0 Å². The summed E-state index contributed by atoms with van der Waals surface area (Å²) in [7, 11) is 0. The molecule has 2 rings (SSSR count). The summed E-state index contributed by atoms with van der Waals surface area (Å²) < 4.78 is 0. The Morgan fingerprint density at radius 3 is 2.52 bits per heavy atom. The lowest BCUT2D eigenvalue weighted by atomic mass is 10.1. The van der Waals surface area contributed by atoms with E-state index in [4.69, 9.17) is 5.11 Å². The minimum Gasteiger partial charge on any atom is -0.477 e. The zero-order chi connectivity index (χ0) is 16.8. The fraction of sp³-hybridized carbons (Fsp3) is 0.294. The number of nitrogens with zero attached hydrogens (tertiary/aromatic N) is 1. The largest absolute Gasteiger partial charge is 0.477 e. The summed E-state index contributed by atoms with van der Waals surface area (Å²) in [6, 6.07) is 10.9. The van der Waals surface area contributed by atoms with Gasteiger partial charge in [-0.1, -0.05) is 37.3 Å². The van der Waals surface area contributed by atoms with Gasteiger partial charge in [0.2, 0.25) is 0 Å². The molecule has 0 bridgehead atoms. The minimum absolute atomic E-state index is 0.129. The van der Waals surface area contributed by atoms with Crippen LogP contribution in [-0.2, 0) is 6.54 Å². The number of thiophene rings is 1. The smallest absolute Gasteiger partial charge is 0.345 e. The number of aliphatic hydroxyl groups is 1. The average Bonchev–Trinajstić information content (AvgIpc) is 3.04. The molecule has 2 aromatic rings. The van der Waals surface area contributed by atoms with E-state index in [2.05, 4.69) is 0 Å².